The zero-order valence-electron chi connectivity index (χ0n) is 13.1. The first-order valence-corrected chi connectivity index (χ1v) is 7.27. The Morgan fingerprint density at radius 1 is 1.33 bits per heavy atom. The molecule has 0 fully saturated rings. The summed E-state index contributed by atoms with van der Waals surface area (Å²) in [6.45, 7) is 6.85. The fourth-order valence-electron chi connectivity index (χ4n) is 3.04. The molecule has 3 aliphatic heterocycles. The average molecular weight is 290 g/mol. The van der Waals surface area contributed by atoms with Crippen LogP contribution < -0.4 is 0 Å². The molecule has 21 heavy (non-hydrogen) atoms. The standard InChI is InChI=1S/C15H22N4O2/c1-5-6-17-8-11(2)14(20-3)13-15(17)19-10-18(21-4)9-12(19)7-16-13/h7,9H,5-6,8,10H2,1-4H3. The van der Waals surface area contributed by atoms with E-state index in [1.54, 1.807) is 19.3 Å². The van der Waals surface area contributed by atoms with Crippen molar-refractivity contribution in [2.45, 2.75) is 20.3 Å². The molecule has 0 amide bonds. The van der Waals surface area contributed by atoms with Crippen LogP contribution in [0.25, 0.3) is 0 Å². The zero-order chi connectivity index (χ0) is 15.0. The van der Waals surface area contributed by atoms with Crippen LogP contribution in [0, 0.1) is 0 Å². The van der Waals surface area contributed by atoms with Crippen molar-refractivity contribution < 1.29 is 9.57 Å². The third-order valence-corrected chi connectivity index (χ3v) is 3.92. The Morgan fingerprint density at radius 2 is 2.14 bits per heavy atom. The van der Waals surface area contributed by atoms with Gasteiger partial charge in [0, 0.05) is 13.1 Å². The van der Waals surface area contributed by atoms with Gasteiger partial charge in [-0.15, -0.1) is 0 Å². The summed E-state index contributed by atoms with van der Waals surface area (Å²) < 4.78 is 5.59. The molecule has 0 saturated carbocycles. The molecule has 114 valence electrons. The van der Waals surface area contributed by atoms with E-state index in [9.17, 15) is 0 Å². The Bertz CT molecular complexity index is 562. The van der Waals surface area contributed by atoms with Gasteiger partial charge in [0.2, 0.25) is 0 Å². The van der Waals surface area contributed by atoms with Crippen LogP contribution in [-0.2, 0) is 9.57 Å². The lowest BCUT2D eigenvalue weighted by Crippen LogP contribution is -2.42. The number of hydrogen-bond acceptors (Lipinski definition) is 6. The summed E-state index contributed by atoms with van der Waals surface area (Å²) in [4.78, 5) is 14.6. The molecule has 0 atom stereocenters. The summed E-state index contributed by atoms with van der Waals surface area (Å²) in [6.07, 6.45) is 4.94. The Balaban J connectivity index is 2.04. The number of nitrogens with zero attached hydrogens (tertiary/aromatic N) is 4. The van der Waals surface area contributed by atoms with Gasteiger partial charge in [-0.1, -0.05) is 6.92 Å². The first kappa shape index (κ1) is 14.0. The van der Waals surface area contributed by atoms with Crippen LogP contribution in [0.4, 0.5) is 0 Å². The summed E-state index contributed by atoms with van der Waals surface area (Å²) in [5.41, 5.74) is 3.19. The minimum atomic E-state index is 0.674. The zero-order valence-corrected chi connectivity index (χ0v) is 13.1. The lowest BCUT2D eigenvalue weighted by Gasteiger charge is -2.40. The molecular weight excluding hydrogens is 268 g/mol. The predicted octanol–water partition coefficient (Wildman–Crippen LogP) is 1.86. The molecule has 3 rings (SSSR count). The molecule has 0 saturated heterocycles. The van der Waals surface area contributed by atoms with Gasteiger partial charge < -0.3 is 14.5 Å². The van der Waals surface area contributed by atoms with Crippen molar-refractivity contribution >= 4 is 6.21 Å². The first-order chi connectivity index (χ1) is 10.2. The van der Waals surface area contributed by atoms with E-state index in [1.165, 1.54) is 5.57 Å². The van der Waals surface area contributed by atoms with Crippen LogP contribution in [0.1, 0.15) is 20.3 Å². The molecule has 0 N–H and O–H groups in total. The van der Waals surface area contributed by atoms with Crippen molar-refractivity contribution in [1.82, 2.24) is 14.9 Å². The molecule has 0 unspecified atom stereocenters. The molecule has 0 aromatic heterocycles. The van der Waals surface area contributed by atoms with Crippen LogP contribution >= 0.6 is 0 Å². The Kier molecular flexibility index (Phi) is 3.63. The predicted molar refractivity (Wildman–Crippen MR) is 80.7 cm³/mol. The quantitative estimate of drug-likeness (QED) is 0.790. The third-order valence-electron chi connectivity index (χ3n) is 3.92. The second kappa shape index (κ2) is 5.44. The number of rotatable bonds is 4. The van der Waals surface area contributed by atoms with E-state index in [4.69, 9.17) is 9.57 Å². The molecule has 0 radical (unpaired) electrons. The second-order valence-electron chi connectivity index (χ2n) is 5.39. The SMILES string of the molecule is CCCN1CC(C)=C(OC)C2=C1N1CN(OC)C=C1C=N2. The van der Waals surface area contributed by atoms with Crippen molar-refractivity contribution in [3.8, 4) is 0 Å². The van der Waals surface area contributed by atoms with E-state index in [0.29, 0.717) is 6.67 Å². The van der Waals surface area contributed by atoms with Crippen molar-refractivity contribution in [2.75, 3.05) is 34.0 Å². The average Bonchev–Trinajstić information content (AvgIpc) is 2.90. The van der Waals surface area contributed by atoms with Crippen molar-refractivity contribution in [2.24, 2.45) is 4.99 Å². The van der Waals surface area contributed by atoms with E-state index in [2.05, 4.69) is 28.6 Å². The maximum Gasteiger partial charge on any atom is 0.148 e. The van der Waals surface area contributed by atoms with Crippen LogP contribution in [-0.4, -0.2) is 55.1 Å². The Morgan fingerprint density at radius 3 is 2.81 bits per heavy atom. The van der Waals surface area contributed by atoms with Crippen molar-refractivity contribution in [1.29, 1.82) is 0 Å². The summed E-state index contributed by atoms with van der Waals surface area (Å²) in [6, 6.07) is 0. The van der Waals surface area contributed by atoms with Gasteiger partial charge in [0.1, 0.15) is 23.9 Å². The number of ether oxygens (including phenoxy) is 1. The highest BCUT2D eigenvalue weighted by Gasteiger charge is 2.36. The number of methoxy groups -OCH3 is 1. The molecule has 3 aliphatic rings. The number of fused-ring (bicyclic) bond motifs is 2. The van der Waals surface area contributed by atoms with Crippen LogP contribution in [0.2, 0.25) is 0 Å². The first-order valence-electron chi connectivity index (χ1n) is 7.27. The Hall–Kier alpha value is -1.95. The highest BCUT2D eigenvalue weighted by Crippen LogP contribution is 2.36. The molecule has 0 bridgehead atoms. The minimum Gasteiger partial charge on any atom is -0.494 e. The molecule has 6 heteroatoms. The number of hydrogen-bond donors (Lipinski definition) is 0. The number of hydroxylamine groups is 2. The van der Waals surface area contributed by atoms with E-state index >= 15 is 0 Å². The molecule has 0 aliphatic carbocycles. The van der Waals surface area contributed by atoms with Gasteiger partial charge >= 0.3 is 0 Å². The monoisotopic (exact) mass is 290 g/mol. The lowest BCUT2D eigenvalue weighted by molar-refractivity contribution is -0.0972. The van der Waals surface area contributed by atoms with E-state index in [0.717, 1.165) is 42.5 Å². The highest BCUT2D eigenvalue weighted by molar-refractivity contribution is 5.82. The molecule has 0 spiro atoms. The maximum absolute atomic E-state index is 5.59. The minimum absolute atomic E-state index is 0.674. The fraction of sp³-hybridized carbons (Fsp3) is 0.533. The van der Waals surface area contributed by atoms with E-state index in [-0.39, 0.29) is 0 Å². The summed E-state index contributed by atoms with van der Waals surface area (Å²) >= 11 is 0. The fourth-order valence-corrected chi connectivity index (χ4v) is 3.04. The maximum atomic E-state index is 5.59. The van der Waals surface area contributed by atoms with E-state index < -0.39 is 0 Å². The summed E-state index contributed by atoms with van der Waals surface area (Å²) in [5.74, 6) is 2.01. The van der Waals surface area contributed by atoms with Crippen molar-refractivity contribution in [3.05, 3.63) is 34.7 Å². The van der Waals surface area contributed by atoms with Gasteiger partial charge in [0.25, 0.3) is 0 Å². The van der Waals surface area contributed by atoms with Gasteiger partial charge in [0.05, 0.1) is 32.3 Å². The van der Waals surface area contributed by atoms with Crippen LogP contribution in [0.15, 0.2) is 39.7 Å². The second-order valence-corrected chi connectivity index (χ2v) is 5.39. The number of aliphatic imine (C=N–C) groups is 1. The topological polar surface area (TPSA) is 40.5 Å². The number of allylic oxidation sites excluding steroid dienone is 1. The van der Waals surface area contributed by atoms with Gasteiger partial charge in [-0.2, -0.15) is 0 Å². The van der Waals surface area contributed by atoms with Crippen LogP contribution in [0.5, 0.6) is 0 Å². The smallest absolute Gasteiger partial charge is 0.148 e. The largest absolute Gasteiger partial charge is 0.494 e. The molecule has 3 heterocycles. The van der Waals surface area contributed by atoms with Gasteiger partial charge in [-0.3, -0.25) is 4.84 Å². The Labute approximate surface area is 125 Å². The highest BCUT2D eigenvalue weighted by atomic mass is 16.7. The van der Waals surface area contributed by atoms with E-state index in [1.807, 2.05) is 12.4 Å². The third kappa shape index (κ3) is 2.19. The summed E-state index contributed by atoms with van der Waals surface area (Å²) in [5, 5.41) is 1.80. The summed E-state index contributed by atoms with van der Waals surface area (Å²) in [7, 11) is 3.39. The van der Waals surface area contributed by atoms with Crippen LogP contribution in [0.3, 0.4) is 0 Å². The molecule has 0 aromatic carbocycles. The molecular formula is C15H22N4O2. The van der Waals surface area contributed by atoms with Gasteiger partial charge in [-0.25, -0.2) is 10.1 Å². The normalized spacial score (nSPS) is 21.0. The van der Waals surface area contributed by atoms with Gasteiger partial charge in [-0.05, 0) is 18.9 Å². The molecule has 6 nitrogen and oxygen atoms in total. The molecule has 0 aromatic rings. The van der Waals surface area contributed by atoms with Gasteiger partial charge in [0.15, 0.2) is 0 Å². The van der Waals surface area contributed by atoms with Crippen molar-refractivity contribution in [3.63, 3.8) is 0 Å². The lowest BCUT2D eigenvalue weighted by atomic mass is 10.1.